The lowest BCUT2D eigenvalue weighted by atomic mass is 9.93. The average molecular weight is 998 g/mol. The van der Waals surface area contributed by atoms with Crippen molar-refractivity contribution in [2.24, 2.45) is 22.9 Å². The molecule has 0 radical (unpaired) electrons. The molecule has 26 heteroatoms. The molecule has 0 aliphatic carbocycles. The van der Waals surface area contributed by atoms with Gasteiger partial charge in [-0.05, 0) is 43.6 Å². The van der Waals surface area contributed by atoms with E-state index in [9.17, 15) is 53.1 Å². The number of nitrogens with one attached hydrogen (secondary N) is 6. The summed E-state index contributed by atoms with van der Waals surface area (Å²) in [4.78, 5) is 134. The number of esters is 3. The maximum Gasteiger partial charge on any atom is 0.303 e. The third kappa shape index (κ3) is 18.8. The Balaban J connectivity index is 2.47. The van der Waals surface area contributed by atoms with Gasteiger partial charge in [-0.25, -0.2) is 0 Å². The highest BCUT2D eigenvalue weighted by molar-refractivity contribution is 5.99. The topological polar surface area (TPSA) is 371 Å². The number of Topliss-reactive ketones (excluding diaryl/α,β-unsaturated/α-hetero) is 1. The first-order valence-corrected chi connectivity index (χ1v) is 23.1. The fourth-order valence-electron chi connectivity index (χ4n) is 7.28. The zero-order chi connectivity index (χ0) is 53.2. The maximum absolute atomic E-state index is 14.2. The smallest absolute Gasteiger partial charge is 0.303 e. The van der Waals surface area contributed by atoms with E-state index in [4.69, 9.17) is 34.0 Å². The van der Waals surface area contributed by atoms with Gasteiger partial charge in [-0.15, -0.1) is 0 Å². The van der Waals surface area contributed by atoms with Gasteiger partial charge in [0.25, 0.3) is 0 Å². The van der Waals surface area contributed by atoms with Crippen LogP contribution in [0.5, 0.6) is 0 Å². The quantitative estimate of drug-likeness (QED) is 0.0127. The van der Waals surface area contributed by atoms with Crippen molar-refractivity contribution >= 4 is 59.1 Å². The zero-order valence-electron chi connectivity index (χ0n) is 41.9. The van der Waals surface area contributed by atoms with Crippen LogP contribution in [0, 0.1) is 17.8 Å². The van der Waals surface area contributed by atoms with Crippen molar-refractivity contribution in [1.29, 1.82) is 0 Å². The van der Waals surface area contributed by atoms with E-state index in [0.29, 0.717) is 12.8 Å². The molecular weight excluding hydrogens is 927 g/mol. The highest BCUT2D eigenvalue weighted by Crippen LogP contribution is 2.30. The summed E-state index contributed by atoms with van der Waals surface area (Å²) in [7, 11) is 0. The Morgan fingerprint density at radius 3 is 1.71 bits per heavy atom. The van der Waals surface area contributed by atoms with Crippen LogP contribution in [0.15, 0.2) is 5.11 Å². The predicted octanol–water partition coefficient (Wildman–Crippen LogP) is -0.729. The summed E-state index contributed by atoms with van der Waals surface area (Å²) in [5, 5.41) is 29.2. The number of ether oxygens (including phenoxy) is 6. The first-order valence-electron chi connectivity index (χ1n) is 23.1. The summed E-state index contributed by atoms with van der Waals surface area (Å²) in [5.41, 5.74) is 7.74. The van der Waals surface area contributed by atoms with Crippen LogP contribution in [0.2, 0.25) is 0 Å². The molecule has 0 saturated carbocycles. The minimum atomic E-state index is -1.73. The summed E-state index contributed by atoms with van der Waals surface area (Å²) >= 11 is 0. The van der Waals surface area contributed by atoms with Crippen LogP contribution in [0.25, 0.3) is 10.4 Å². The second-order valence-electron chi connectivity index (χ2n) is 18.1. The van der Waals surface area contributed by atoms with Gasteiger partial charge in [0.1, 0.15) is 55.1 Å². The molecule has 0 spiro atoms. The molecule has 70 heavy (non-hydrogen) atoms. The Morgan fingerprint density at radius 1 is 0.743 bits per heavy atom. The lowest BCUT2D eigenvalue weighted by molar-refractivity contribution is -0.278. The fourth-order valence-corrected chi connectivity index (χ4v) is 7.28. The first-order chi connectivity index (χ1) is 32.7. The van der Waals surface area contributed by atoms with Gasteiger partial charge < -0.3 is 65.4 Å². The Bertz CT molecular complexity index is 1940. The van der Waals surface area contributed by atoms with Crippen molar-refractivity contribution in [1.82, 2.24) is 31.9 Å². The van der Waals surface area contributed by atoms with Gasteiger partial charge in [0.05, 0.1) is 25.4 Å². The van der Waals surface area contributed by atoms with Crippen molar-refractivity contribution in [2.45, 2.75) is 175 Å². The Morgan fingerprint density at radius 2 is 1.26 bits per heavy atom. The third-order valence-electron chi connectivity index (χ3n) is 11.5. The van der Waals surface area contributed by atoms with Crippen LogP contribution in [-0.2, 0) is 76.4 Å². The van der Waals surface area contributed by atoms with Crippen LogP contribution >= 0.6 is 0 Å². The van der Waals surface area contributed by atoms with E-state index in [1.165, 1.54) is 6.92 Å². The molecule has 0 aromatic heterocycles. The second-order valence-corrected chi connectivity index (χ2v) is 18.1. The summed E-state index contributed by atoms with van der Waals surface area (Å²) in [6.07, 6.45) is -6.84. The van der Waals surface area contributed by atoms with Gasteiger partial charge >= 0.3 is 17.9 Å². The number of nitrogens with zero attached hydrogens (tertiary/aromatic N) is 3. The first kappa shape index (κ1) is 60.2. The Kier molecular flexibility index (Phi) is 24.1. The standard InChI is InChI=1S/C44H71N9O17/c1-13-21(5)32(40(62)51-33(22(6)14-2)41(63)52-34(23(7)54)42(64)48-28(15-20(3)4)38(60)44(12)19-67-44)50-39(61)29(47-24(8)55)17-66-43-35(49-31(59)16-46-53-45)37(69-27(11)58)36(68-26(10)57)30(70-43)18-65-25(9)56/h20-23,28-30,32-37,43,54H,13-19H2,1-12H3,(H,47,55)(H,48,64)(H,49,59)(H,50,61)(H,51,62)(H,52,63)/t21-,22-,23+,28-,29-,30+,32-,33-,34-,35+,36+,37+,43+,44+/m0/s1. The van der Waals surface area contributed by atoms with Crippen LogP contribution < -0.4 is 31.9 Å². The number of azide groups is 1. The number of hydrogen-bond donors (Lipinski definition) is 7. The van der Waals surface area contributed by atoms with E-state index in [-0.39, 0.29) is 24.7 Å². The number of aliphatic hydroxyl groups is 1. The molecule has 7 N–H and O–H groups in total. The van der Waals surface area contributed by atoms with Crippen molar-refractivity contribution in [3.05, 3.63) is 10.4 Å². The number of aliphatic hydroxyl groups excluding tert-OH is 1. The summed E-state index contributed by atoms with van der Waals surface area (Å²) in [5.74, 6) is -9.35. The van der Waals surface area contributed by atoms with Gasteiger partial charge in [0, 0.05) is 32.6 Å². The average Bonchev–Trinajstić information content (AvgIpc) is 4.03. The van der Waals surface area contributed by atoms with Gasteiger partial charge in [0.2, 0.25) is 35.4 Å². The number of amides is 6. The fraction of sp³-hybridized carbons (Fsp3) is 0.773. The molecule has 2 fully saturated rings. The molecule has 0 unspecified atom stereocenters. The highest BCUT2D eigenvalue weighted by atomic mass is 16.7. The molecule has 14 atom stereocenters. The molecular formula is C44H71N9O17. The summed E-state index contributed by atoms with van der Waals surface area (Å²) in [6, 6.07) is -8.44. The molecule has 394 valence electrons. The van der Waals surface area contributed by atoms with Crippen molar-refractivity contribution in [3.63, 3.8) is 0 Å². The van der Waals surface area contributed by atoms with Crippen LogP contribution in [0.3, 0.4) is 0 Å². The van der Waals surface area contributed by atoms with E-state index in [1.807, 2.05) is 13.8 Å². The van der Waals surface area contributed by atoms with Crippen LogP contribution in [0.1, 0.15) is 102 Å². The van der Waals surface area contributed by atoms with E-state index in [1.54, 1.807) is 34.6 Å². The number of hydrogen-bond acceptors (Lipinski definition) is 18. The molecule has 6 amide bonds. The lowest BCUT2D eigenvalue weighted by Gasteiger charge is -2.45. The van der Waals surface area contributed by atoms with Crippen LogP contribution in [0.4, 0.5) is 0 Å². The zero-order valence-corrected chi connectivity index (χ0v) is 41.9. The number of carbonyl (C=O) groups is 10. The van der Waals surface area contributed by atoms with Gasteiger partial charge in [0.15, 0.2) is 24.3 Å². The largest absolute Gasteiger partial charge is 0.463 e. The molecule has 0 aromatic rings. The predicted molar refractivity (Wildman–Crippen MR) is 243 cm³/mol. The Labute approximate surface area is 406 Å². The van der Waals surface area contributed by atoms with Gasteiger partial charge in [-0.3, -0.25) is 47.9 Å². The van der Waals surface area contributed by atoms with E-state index in [2.05, 4.69) is 41.9 Å². The minimum Gasteiger partial charge on any atom is -0.463 e. The van der Waals surface area contributed by atoms with Gasteiger partial charge in [-0.2, -0.15) is 0 Å². The highest BCUT2D eigenvalue weighted by Gasteiger charge is 2.53. The van der Waals surface area contributed by atoms with Gasteiger partial charge in [-0.1, -0.05) is 59.5 Å². The normalized spacial score (nSPS) is 23.9. The third-order valence-corrected chi connectivity index (χ3v) is 11.5. The van der Waals surface area contributed by atoms with Crippen LogP contribution in [-0.4, -0.2) is 163 Å². The lowest BCUT2D eigenvalue weighted by Crippen LogP contribution is -2.67. The molecule has 0 bridgehead atoms. The SMILES string of the molecule is CC[C@H](C)[C@H](NC(=O)[C@H](CO[C@@H]1O[C@H](COC(C)=O)[C@@H](OC(C)=O)[C@H](OC(C)=O)[C@H]1NC(=O)CN=[N+]=[N-])NC(C)=O)C(=O)N[C@H](C(=O)N[C@H](C(=O)N[C@@H](CC(C)C)C(=O)[C@@]1(C)CO1)[C@@H](C)O)[C@@H](C)CC. The number of ketones is 1. The molecule has 2 aliphatic heterocycles. The van der Waals surface area contributed by atoms with E-state index < -0.39 is 158 Å². The second kappa shape index (κ2) is 28.0. The van der Waals surface area contributed by atoms with E-state index in [0.717, 1.165) is 27.7 Å². The number of carbonyl (C=O) groups excluding carboxylic acids is 10. The molecule has 2 rings (SSSR count). The van der Waals surface area contributed by atoms with E-state index >= 15 is 0 Å². The molecule has 26 nitrogen and oxygen atoms in total. The minimum absolute atomic E-state index is 0.0202. The molecule has 2 saturated heterocycles. The van der Waals surface area contributed by atoms with Crippen molar-refractivity contribution in [3.8, 4) is 0 Å². The Hall–Kier alpha value is -5.95. The van der Waals surface area contributed by atoms with Crippen molar-refractivity contribution < 1.29 is 81.5 Å². The molecule has 2 aliphatic rings. The molecule has 0 aromatic carbocycles. The number of epoxide rings is 1. The molecule has 2 heterocycles. The van der Waals surface area contributed by atoms with Crippen molar-refractivity contribution in [2.75, 3.05) is 26.4 Å². The monoisotopic (exact) mass is 997 g/mol. The summed E-state index contributed by atoms with van der Waals surface area (Å²) < 4.78 is 33.3. The summed E-state index contributed by atoms with van der Waals surface area (Å²) in [6.45, 7) is 15.7. The maximum atomic E-state index is 14.2. The number of rotatable bonds is 28.